The first-order valence-electron chi connectivity index (χ1n) is 10.7. The number of rotatable bonds is 8. The Bertz CT molecular complexity index is 1170. The summed E-state index contributed by atoms with van der Waals surface area (Å²) in [7, 11) is -3.78. The third-order valence-electron chi connectivity index (χ3n) is 5.02. The lowest BCUT2D eigenvalue weighted by Crippen LogP contribution is -2.54. The highest BCUT2D eigenvalue weighted by Gasteiger charge is 2.31. The van der Waals surface area contributed by atoms with Crippen LogP contribution >= 0.6 is 27.5 Å². The summed E-state index contributed by atoms with van der Waals surface area (Å²) in [6, 6.07) is 11.2. The minimum atomic E-state index is -3.78. The summed E-state index contributed by atoms with van der Waals surface area (Å²) in [5.74, 6) is -0.851. The molecule has 0 bridgehead atoms. The van der Waals surface area contributed by atoms with E-state index in [0.717, 1.165) is 26.2 Å². The van der Waals surface area contributed by atoms with Crippen molar-refractivity contribution in [1.29, 1.82) is 0 Å². The Balaban J connectivity index is 2.43. The molecular weight excluding hydrogens is 542 g/mol. The summed E-state index contributed by atoms with van der Waals surface area (Å²) >= 11 is 9.52. The maximum Gasteiger partial charge on any atom is 0.244 e. The molecule has 1 N–H and O–H groups in total. The Labute approximate surface area is 215 Å². The van der Waals surface area contributed by atoms with E-state index in [4.69, 9.17) is 11.6 Å². The molecule has 2 rings (SSSR count). The summed E-state index contributed by atoms with van der Waals surface area (Å²) in [5, 5.41) is 3.38. The molecule has 0 aliphatic heterocycles. The zero-order chi connectivity index (χ0) is 25.8. The van der Waals surface area contributed by atoms with Crippen molar-refractivity contribution in [3.05, 3.63) is 63.1 Å². The monoisotopic (exact) mass is 571 g/mol. The average molecular weight is 573 g/mol. The van der Waals surface area contributed by atoms with Crippen molar-refractivity contribution in [3.8, 4) is 0 Å². The first kappa shape index (κ1) is 28.1. The van der Waals surface area contributed by atoms with Gasteiger partial charge in [-0.1, -0.05) is 39.7 Å². The van der Waals surface area contributed by atoms with E-state index in [1.54, 1.807) is 49.4 Å². The van der Waals surface area contributed by atoms with Gasteiger partial charge in [0.2, 0.25) is 21.8 Å². The minimum absolute atomic E-state index is 0.0924. The summed E-state index contributed by atoms with van der Waals surface area (Å²) in [6.07, 6.45) is 1.05. The highest BCUT2D eigenvalue weighted by molar-refractivity contribution is 9.10. The van der Waals surface area contributed by atoms with Crippen LogP contribution in [-0.4, -0.2) is 49.5 Å². The molecule has 2 amide bonds. The summed E-state index contributed by atoms with van der Waals surface area (Å²) in [5.41, 5.74) is 1.42. The van der Waals surface area contributed by atoms with Gasteiger partial charge < -0.3 is 10.2 Å². The fraction of sp³-hybridized carbons (Fsp3) is 0.417. The van der Waals surface area contributed by atoms with Crippen molar-refractivity contribution < 1.29 is 18.0 Å². The Morgan fingerprint density at radius 2 is 1.79 bits per heavy atom. The fourth-order valence-corrected chi connectivity index (χ4v) is 4.59. The fourth-order valence-electron chi connectivity index (χ4n) is 3.29. The lowest BCUT2D eigenvalue weighted by atomic mass is 10.1. The average Bonchev–Trinajstić information content (AvgIpc) is 2.69. The molecule has 2 aromatic rings. The third-order valence-corrected chi connectivity index (χ3v) is 7.28. The predicted molar refractivity (Wildman–Crippen MR) is 140 cm³/mol. The van der Waals surface area contributed by atoms with Gasteiger partial charge in [0.15, 0.2) is 0 Å². The van der Waals surface area contributed by atoms with Crippen LogP contribution in [0.25, 0.3) is 0 Å². The van der Waals surface area contributed by atoms with Gasteiger partial charge >= 0.3 is 0 Å². The van der Waals surface area contributed by atoms with Crippen molar-refractivity contribution in [2.24, 2.45) is 0 Å². The van der Waals surface area contributed by atoms with Crippen molar-refractivity contribution in [1.82, 2.24) is 10.2 Å². The maximum absolute atomic E-state index is 13.5. The number of carbonyl (C=O) groups excluding carboxylic acids is 2. The predicted octanol–water partition coefficient (Wildman–Crippen LogP) is 4.51. The van der Waals surface area contributed by atoms with Gasteiger partial charge in [-0.05, 0) is 76.1 Å². The third kappa shape index (κ3) is 7.99. The van der Waals surface area contributed by atoms with Gasteiger partial charge in [0.1, 0.15) is 12.6 Å². The smallest absolute Gasteiger partial charge is 0.244 e. The molecule has 0 spiro atoms. The zero-order valence-corrected chi connectivity index (χ0v) is 23.4. The van der Waals surface area contributed by atoms with Crippen LogP contribution in [0.1, 0.15) is 38.8 Å². The molecule has 186 valence electrons. The Morgan fingerprint density at radius 1 is 1.15 bits per heavy atom. The van der Waals surface area contributed by atoms with E-state index in [9.17, 15) is 18.0 Å². The normalized spacial score (nSPS) is 12.7. The molecule has 1 atom stereocenters. The second kappa shape index (κ2) is 11.1. The lowest BCUT2D eigenvalue weighted by molar-refractivity contribution is -0.140. The number of hydrogen-bond acceptors (Lipinski definition) is 4. The molecule has 0 saturated carbocycles. The van der Waals surface area contributed by atoms with Crippen LogP contribution in [-0.2, 0) is 26.2 Å². The molecule has 10 heteroatoms. The maximum atomic E-state index is 13.5. The topological polar surface area (TPSA) is 86.8 Å². The van der Waals surface area contributed by atoms with E-state index in [1.807, 2.05) is 27.7 Å². The van der Waals surface area contributed by atoms with Crippen molar-refractivity contribution in [2.75, 3.05) is 17.1 Å². The van der Waals surface area contributed by atoms with Crippen LogP contribution in [0.4, 0.5) is 5.69 Å². The van der Waals surface area contributed by atoms with Crippen LogP contribution in [0.5, 0.6) is 0 Å². The quantitative estimate of drug-likeness (QED) is 0.504. The Hall–Kier alpha value is -2.10. The van der Waals surface area contributed by atoms with Gasteiger partial charge in [-0.15, -0.1) is 0 Å². The first-order valence-corrected chi connectivity index (χ1v) is 13.7. The van der Waals surface area contributed by atoms with Crippen LogP contribution in [0.15, 0.2) is 46.9 Å². The van der Waals surface area contributed by atoms with E-state index >= 15 is 0 Å². The van der Waals surface area contributed by atoms with Crippen molar-refractivity contribution in [3.63, 3.8) is 0 Å². The number of anilines is 1. The molecule has 0 aliphatic carbocycles. The molecule has 0 heterocycles. The number of halogens is 2. The molecule has 7 nitrogen and oxygen atoms in total. The van der Waals surface area contributed by atoms with E-state index < -0.39 is 34.1 Å². The molecule has 0 radical (unpaired) electrons. The van der Waals surface area contributed by atoms with E-state index in [0.29, 0.717) is 10.7 Å². The molecular formula is C24H31BrClN3O4S. The van der Waals surface area contributed by atoms with Gasteiger partial charge in [0, 0.05) is 21.6 Å². The lowest BCUT2D eigenvalue weighted by Gasteiger charge is -2.33. The van der Waals surface area contributed by atoms with Gasteiger partial charge in [0.05, 0.1) is 11.9 Å². The van der Waals surface area contributed by atoms with Crippen LogP contribution in [0.2, 0.25) is 5.02 Å². The first-order chi connectivity index (χ1) is 15.6. The number of amides is 2. The number of aryl methyl sites for hydroxylation is 1. The van der Waals surface area contributed by atoms with Crippen molar-refractivity contribution in [2.45, 2.75) is 52.7 Å². The second-order valence-corrected chi connectivity index (χ2v) is 12.5. The van der Waals surface area contributed by atoms with Gasteiger partial charge in [-0.2, -0.15) is 0 Å². The second-order valence-electron chi connectivity index (χ2n) is 9.27. The SMILES string of the molecule is Cc1cc(N(CC(=O)N(Cc2cccc(Cl)c2)[C@H](C)C(=O)NC(C)(C)C)S(C)(=O)=O)ccc1Br. The number of nitrogens with one attached hydrogen (secondary N) is 1. The van der Waals surface area contributed by atoms with Gasteiger partial charge in [0.25, 0.3) is 0 Å². The zero-order valence-electron chi connectivity index (χ0n) is 20.2. The van der Waals surface area contributed by atoms with E-state index in [1.165, 1.54) is 4.90 Å². The van der Waals surface area contributed by atoms with E-state index in [-0.39, 0.29) is 12.5 Å². The highest BCUT2D eigenvalue weighted by atomic mass is 79.9. The number of nitrogens with zero attached hydrogens (tertiary/aromatic N) is 2. The Kier molecular flexibility index (Phi) is 9.18. The number of sulfonamides is 1. The standard InChI is InChI=1S/C24H31BrClN3O4S/c1-16-12-20(10-11-21(16)25)29(34(6,32)33)15-22(30)28(14-18-8-7-9-19(26)13-18)17(2)23(31)27-24(3,4)5/h7-13,17H,14-15H2,1-6H3,(H,27,31)/t17-/m1/s1. The van der Waals surface area contributed by atoms with Crippen LogP contribution in [0, 0.1) is 6.92 Å². The largest absolute Gasteiger partial charge is 0.350 e. The molecule has 0 fully saturated rings. The molecule has 0 saturated heterocycles. The summed E-state index contributed by atoms with van der Waals surface area (Å²) in [4.78, 5) is 27.8. The van der Waals surface area contributed by atoms with Gasteiger partial charge in [-0.25, -0.2) is 8.42 Å². The molecule has 34 heavy (non-hydrogen) atoms. The number of hydrogen-bond donors (Lipinski definition) is 1. The van der Waals surface area contributed by atoms with Crippen LogP contribution < -0.4 is 9.62 Å². The van der Waals surface area contributed by atoms with Crippen molar-refractivity contribution >= 4 is 55.1 Å². The number of benzene rings is 2. The molecule has 2 aromatic carbocycles. The molecule has 0 unspecified atom stereocenters. The highest BCUT2D eigenvalue weighted by Crippen LogP contribution is 2.25. The summed E-state index contributed by atoms with van der Waals surface area (Å²) < 4.78 is 27.1. The van der Waals surface area contributed by atoms with E-state index in [2.05, 4.69) is 21.2 Å². The Morgan fingerprint density at radius 3 is 2.32 bits per heavy atom. The molecule has 0 aromatic heterocycles. The van der Waals surface area contributed by atoms with Gasteiger partial charge in [-0.3, -0.25) is 13.9 Å². The summed E-state index contributed by atoms with van der Waals surface area (Å²) in [6.45, 7) is 8.65. The molecule has 0 aliphatic rings. The number of carbonyl (C=O) groups is 2. The van der Waals surface area contributed by atoms with Crippen LogP contribution in [0.3, 0.4) is 0 Å². The minimum Gasteiger partial charge on any atom is -0.350 e.